The molecule has 0 bridgehead atoms. The van der Waals surface area contributed by atoms with Crippen molar-refractivity contribution in [3.8, 4) is 0 Å². The Hall–Kier alpha value is -5.23. The SMILES string of the molecule is CC/C=C\C/C=C\C/C=C\C/C=C\C/C=C\C/C=C\CCCCCCCCCCCCC(=O)OCC(COC(=O)C/C=C\C/C=C\C/C=C\C/C=C\C/C=C\CC)OC(=O)CCCCCCCC/C=C\C/C=C\C/C=C\CCCCCCC. The molecule has 1 unspecified atom stereocenters. The molecule has 0 aromatic rings. The fourth-order valence-corrected chi connectivity index (χ4v) is 8.76. The molecule has 1 atom stereocenters. The molecule has 6 nitrogen and oxygen atoms in total. The van der Waals surface area contributed by atoms with E-state index in [9.17, 15) is 14.4 Å². The van der Waals surface area contributed by atoms with Crippen LogP contribution in [0.3, 0.4) is 0 Å². The third-order valence-electron chi connectivity index (χ3n) is 13.7. The molecule has 0 saturated heterocycles. The van der Waals surface area contributed by atoms with Gasteiger partial charge in [0.1, 0.15) is 13.2 Å². The maximum atomic E-state index is 12.9. The van der Waals surface area contributed by atoms with Crippen LogP contribution in [0.1, 0.15) is 278 Å². The summed E-state index contributed by atoms with van der Waals surface area (Å²) >= 11 is 0. The summed E-state index contributed by atoms with van der Waals surface area (Å²) in [5.41, 5.74) is 0. The molecular weight excluding hydrogens is 1020 g/mol. The van der Waals surface area contributed by atoms with Gasteiger partial charge in [0.25, 0.3) is 0 Å². The van der Waals surface area contributed by atoms with E-state index in [0.29, 0.717) is 6.42 Å². The number of hydrogen-bond acceptors (Lipinski definition) is 6. The molecule has 0 rings (SSSR count). The van der Waals surface area contributed by atoms with Crippen LogP contribution >= 0.6 is 0 Å². The number of carbonyl (C=O) groups excluding carboxylic acids is 3. The van der Waals surface area contributed by atoms with Gasteiger partial charge >= 0.3 is 17.9 Å². The van der Waals surface area contributed by atoms with Crippen molar-refractivity contribution in [3.63, 3.8) is 0 Å². The van der Waals surface area contributed by atoms with Crippen molar-refractivity contribution in [1.29, 1.82) is 0 Å². The van der Waals surface area contributed by atoms with E-state index in [1.54, 1.807) is 6.08 Å². The zero-order valence-electron chi connectivity index (χ0n) is 53.4. The zero-order chi connectivity index (χ0) is 59.9. The summed E-state index contributed by atoms with van der Waals surface area (Å²) in [6, 6.07) is 0. The monoisotopic (exact) mass is 1140 g/mol. The number of esters is 3. The summed E-state index contributed by atoms with van der Waals surface area (Å²) in [5.74, 6) is -1.08. The first-order valence-corrected chi connectivity index (χ1v) is 33.6. The first kappa shape index (κ1) is 77.8. The maximum Gasteiger partial charge on any atom is 0.309 e. The minimum atomic E-state index is -0.837. The summed E-state index contributed by atoms with van der Waals surface area (Å²) in [6.45, 7) is 6.30. The molecule has 0 amide bonds. The molecule has 466 valence electrons. The van der Waals surface area contributed by atoms with Crippen LogP contribution in [0.4, 0.5) is 0 Å². The summed E-state index contributed by atoms with van der Waals surface area (Å²) in [5, 5.41) is 0. The Morgan fingerprint density at radius 3 is 0.843 bits per heavy atom. The van der Waals surface area contributed by atoms with Gasteiger partial charge in [0.15, 0.2) is 6.10 Å². The minimum absolute atomic E-state index is 0.116. The van der Waals surface area contributed by atoms with Crippen LogP contribution in [-0.4, -0.2) is 37.2 Å². The van der Waals surface area contributed by atoms with E-state index in [4.69, 9.17) is 14.2 Å². The molecule has 0 aliphatic carbocycles. The van der Waals surface area contributed by atoms with Gasteiger partial charge in [-0.25, -0.2) is 0 Å². The number of ether oxygens (including phenoxy) is 3. The van der Waals surface area contributed by atoms with E-state index < -0.39 is 12.1 Å². The van der Waals surface area contributed by atoms with Gasteiger partial charge in [-0.3, -0.25) is 14.4 Å². The van der Waals surface area contributed by atoms with E-state index in [1.807, 2.05) is 6.08 Å². The maximum absolute atomic E-state index is 12.9. The minimum Gasteiger partial charge on any atom is -0.462 e. The molecule has 0 saturated carbocycles. The van der Waals surface area contributed by atoms with Gasteiger partial charge in [0.2, 0.25) is 0 Å². The Balaban J connectivity index is 4.45. The highest BCUT2D eigenvalue weighted by Crippen LogP contribution is 2.15. The van der Waals surface area contributed by atoms with Crippen LogP contribution in [0.2, 0.25) is 0 Å². The van der Waals surface area contributed by atoms with Crippen molar-refractivity contribution < 1.29 is 28.6 Å². The van der Waals surface area contributed by atoms with E-state index in [2.05, 4.69) is 179 Å². The second-order valence-corrected chi connectivity index (χ2v) is 21.6. The van der Waals surface area contributed by atoms with E-state index in [0.717, 1.165) is 141 Å². The molecule has 0 heterocycles. The van der Waals surface area contributed by atoms with Crippen LogP contribution < -0.4 is 0 Å². The van der Waals surface area contributed by atoms with Crippen molar-refractivity contribution in [3.05, 3.63) is 170 Å². The molecule has 0 N–H and O–H groups in total. The number of rotatable bonds is 59. The highest BCUT2D eigenvalue weighted by molar-refractivity contribution is 5.72. The van der Waals surface area contributed by atoms with Crippen LogP contribution in [0.5, 0.6) is 0 Å². The smallest absolute Gasteiger partial charge is 0.309 e. The molecule has 0 aromatic carbocycles. The summed E-state index contributed by atoms with van der Waals surface area (Å²) in [4.78, 5) is 38.3. The average Bonchev–Trinajstić information content (AvgIpc) is 3.49. The fraction of sp³-hybridized carbons (Fsp3) is 0.597. The topological polar surface area (TPSA) is 78.9 Å². The normalized spacial score (nSPS) is 13.2. The number of hydrogen-bond donors (Lipinski definition) is 0. The third kappa shape index (κ3) is 67.4. The number of allylic oxidation sites excluding steroid dienone is 27. The van der Waals surface area contributed by atoms with Gasteiger partial charge in [0, 0.05) is 12.8 Å². The van der Waals surface area contributed by atoms with Crippen molar-refractivity contribution in [1.82, 2.24) is 0 Å². The average molecular weight is 1140 g/mol. The van der Waals surface area contributed by atoms with Crippen LogP contribution in [0.15, 0.2) is 170 Å². The Kier molecular flexibility index (Phi) is 64.9. The van der Waals surface area contributed by atoms with E-state index >= 15 is 0 Å². The second kappa shape index (κ2) is 69.3. The molecule has 0 fully saturated rings. The van der Waals surface area contributed by atoms with Gasteiger partial charge in [-0.1, -0.05) is 294 Å². The predicted octanol–water partition coefficient (Wildman–Crippen LogP) is 23.4. The summed E-state index contributed by atoms with van der Waals surface area (Å²) in [6.07, 6.45) is 102. The zero-order valence-corrected chi connectivity index (χ0v) is 53.4. The molecule has 83 heavy (non-hydrogen) atoms. The van der Waals surface area contributed by atoms with Gasteiger partial charge in [-0.2, -0.15) is 0 Å². The van der Waals surface area contributed by atoms with Crippen molar-refractivity contribution in [2.75, 3.05) is 13.2 Å². The lowest BCUT2D eigenvalue weighted by molar-refractivity contribution is -0.166. The first-order valence-electron chi connectivity index (χ1n) is 33.6. The molecule has 0 aliphatic heterocycles. The lowest BCUT2D eigenvalue weighted by Gasteiger charge is -2.18. The Bertz CT molecular complexity index is 1890. The predicted molar refractivity (Wildman–Crippen MR) is 361 cm³/mol. The number of unbranched alkanes of at least 4 members (excludes halogenated alkanes) is 21. The van der Waals surface area contributed by atoms with Crippen molar-refractivity contribution >= 4 is 17.9 Å². The van der Waals surface area contributed by atoms with Crippen LogP contribution in [-0.2, 0) is 28.6 Å². The van der Waals surface area contributed by atoms with Crippen LogP contribution in [0.25, 0.3) is 0 Å². The summed E-state index contributed by atoms with van der Waals surface area (Å²) in [7, 11) is 0. The van der Waals surface area contributed by atoms with Gasteiger partial charge in [0.05, 0.1) is 6.42 Å². The Labute approximate surface area is 511 Å². The van der Waals surface area contributed by atoms with E-state index in [1.165, 1.54) is 96.3 Å². The first-order chi connectivity index (χ1) is 41.0. The summed E-state index contributed by atoms with van der Waals surface area (Å²) < 4.78 is 16.8. The van der Waals surface area contributed by atoms with Crippen LogP contribution in [0, 0.1) is 0 Å². The lowest BCUT2D eigenvalue weighted by Crippen LogP contribution is -2.30. The second-order valence-electron chi connectivity index (χ2n) is 21.6. The quantitative estimate of drug-likeness (QED) is 0.0261. The molecule has 6 heteroatoms. The Morgan fingerprint density at radius 1 is 0.265 bits per heavy atom. The Morgan fingerprint density at radius 2 is 0.518 bits per heavy atom. The lowest BCUT2D eigenvalue weighted by atomic mass is 10.1. The highest BCUT2D eigenvalue weighted by atomic mass is 16.6. The molecule has 0 aromatic heterocycles. The molecular formula is C77H122O6. The molecule has 0 spiro atoms. The molecule has 0 aliphatic rings. The van der Waals surface area contributed by atoms with E-state index in [-0.39, 0.29) is 38.0 Å². The van der Waals surface area contributed by atoms with Gasteiger partial charge in [-0.05, 0) is 135 Å². The van der Waals surface area contributed by atoms with Gasteiger partial charge in [-0.15, -0.1) is 0 Å². The fourth-order valence-electron chi connectivity index (χ4n) is 8.76. The molecule has 0 radical (unpaired) electrons. The highest BCUT2D eigenvalue weighted by Gasteiger charge is 2.19. The third-order valence-corrected chi connectivity index (χ3v) is 13.7. The standard InChI is InChI=1S/C77H122O6/c1-4-7-10-13-16-19-22-25-28-30-32-34-35-36-37-38-39-40-41-43-44-46-49-52-55-58-61-64-67-70-76(79)82-73-74(72-81-75(78)69-66-63-60-57-54-51-48-27-24-21-18-15-12-9-6-3)83-77(80)71-68-65-62-59-56-53-50-47-45-42-33-31-29-26-23-20-17-14-11-8-5-2/h7,9-10,12,16,18-19,21,23,25-28,31-34,36-37,39-40,45,47-48,54,57,63,66,74H,4-6,8,11,13-15,17,20,22,24,29-30,35,38,41-44,46,49-53,55-56,58-62,64-65,67-73H2,1-3H3/b10-7-,12-9-,19-16-,21-18-,26-23-,28-25-,33-31-,34-32-,37-36-,40-39-,47-45-,48-27-,57-54-,66-63-. The number of carbonyl (C=O) groups is 3. The van der Waals surface area contributed by atoms with Crippen molar-refractivity contribution in [2.45, 2.75) is 284 Å². The van der Waals surface area contributed by atoms with Crippen molar-refractivity contribution in [2.24, 2.45) is 0 Å². The largest absolute Gasteiger partial charge is 0.462 e. The van der Waals surface area contributed by atoms with Gasteiger partial charge < -0.3 is 14.2 Å².